The van der Waals surface area contributed by atoms with E-state index in [0.717, 1.165) is 44.5 Å². The van der Waals surface area contributed by atoms with Gasteiger partial charge in [-0.3, -0.25) is 4.57 Å². The maximum Gasteiger partial charge on any atom is 0.215 e. The molecule has 8 aromatic rings. The number of furan rings is 1. The largest absolute Gasteiger partial charge is 0.439 e. The number of pyridine rings is 1. The lowest BCUT2D eigenvalue weighted by atomic mass is 10.1. The normalized spacial score (nSPS) is 12.0. The van der Waals surface area contributed by atoms with Gasteiger partial charge in [0, 0.05) is 33.4 Å². The molecule has 4 heterocycles. The molecule has 0 aliphatic rings. The summed E-state index contributed by atoms with van der Waals surface area (Å²) in [6, 6.07) is 38.1. The fourth-order valence-electron chi connectivity index (χ4n) is 5.51. The van der Waals surface area contributed by atoms with E-state index in [4.69, 9.17) is 9.40 Å². The maximum atomic E-state index is 6.41. The third-order valence-corrected chi connectivity index (χ3v) is 6.98. The van der Waals surface area contributed by atoms with Gasteiger partial charge in [0.15, 0.2) is 0 Å². The van der Waals surface area contributed by atoms with Crippen molar-refractivity contribution in [2.75, 3.05) is 0 Å². The standard InChI is InChI=1S/C31H19N3O/c1-2-9-20(10-3-1)33-26-14-6-4-11-22(26)25-19-21(16-17-27(25)33)34-30-24(13-8-18-32-30)29-23-12-5-7-15-28(23)35-31(29)34/h1-19H. The summed E-state index contributed by atoms with van der Waals surface area (Å²) < 4.78 is 10.9. The molecule has 0 bridgehead atoms. The summed E-state index contributed by atoms with van der Waals surface area (Å²) in [7, 11) is 0. The van der Waals surface area contributed by atoms with Crippen LogP contribution in [-0.4, -0.2) is 14.1 Å². The van der Waals surface area contributed by atoms with Crippen LogP contribution in [0.4, 0.5) is 0 Å². The van der Waals surface area contributed by atoms with Crippen LogP contribution in [0.5, 0.6) is 0 Å². The minimum absolute atomic E-state index is 0.825. The molecule has 4 nitrogen and oxygen atoms in total. The van der Waals surface area contributed by atoms with Crippen molar-refractivity contribution in [1.29, 1.82) is 0 Å². The highest BCUT2D eigenvalue weighted by atomic mass is 16.3. The second kappa shape index (κ2) is 6.84. The average molecular weight is 450 g/mol. The number of benzene rings is 4. The van der Waals surface area contributed by atoms with Crippen LogP contribution in [0.15, 0.2) is 120 Å². The van der Waals surface area contributed by atoms with Crippen molar-refractivity contribution < 1.29 is 4.42 Å². The molecule has 0 fully saturated rings. The number of hydrogen-bond acceptors (Lipinski definition) is 2. The lowest BCUT2D eigenvalue weighted by molar-refractivity contribution is 0.645. The van der Waals surface area contributed by atoms with E-state index in [-0.39, 0.29) is 0 Å². The summed E-state index contributed by atoms with van der Waals surface area (Å²) in [4.78, 5) is 4.77. The molecule has 0 aliphatic heterocycles. The number of para-hydroxylation sites is 3. The van der Waals surface area contributed by atoms with E-state index >= 15 is 0 Å². The van der Waals surface area contributed by atoms with Crippen molar-refractivity contribution in [3.8, 4) is 11.4 Å². The molecule has 0 saturated carbocycles. The summed E-state index contributed by atoms with van der Waals surface area (Å²) >= 11 is 0. The van der Waals surface area contributed by atoms with Crippen LogP contribution in [0.3, 0.4) is 0 Å². The molecule has 0 amide bonds. The predicted molar refractivity (Wildman–Crippen MR) is 143 cm³/mol. The van der Waals surface area contributed by atoms with E-state index in [1.807, 2.05) is 24.4 Å². The molecule has 0 radical (unpaired) electrons. The fourth-order valence-corrected chi connectivity index (χ4v) is 5.51. The molecule has 0 unspecified atom stereocenters. The van der Waals surface area contributed by atoms with Crippen molar-refractivity contribution in [2.45, 2.75) is 0 Å². The second-order valence-corrected chi connectivity index (χ2v) is 8.88. The van der Waals surface area contributed by atoms with Crippen LogP contribution in [-0.2, 0) is 0 Å². The fraction of sp³-hybridized carbons (Fsp3) is 0. The predicted octanol–water partition coefficient (Wildman–Crippen LogP) is 8.02. The van der Waals surface area contributed by atoms with E-state index < -0.39 is 0 Å². The number of fused-ring (bicyclic) bond motifs is 8. The van der Waals surface area contributed by atoms with Crippen LogP contribution >= 0.6 is 0 Å². The van der Waals surface area contributed by atoms with Crippen LogP contribution in [0.1, 0.15) is 0 Å². The van der Waals surface area contributed by atoms with Gasteiger partial charge in [-0.25, -0.2) is 4.98 Å². The number of nitrogens with zero attached hydrogens (tertiary/aromatic N) is 3. The third-order valence-electron chi connectivity index (χ3n) is 6.98. The Bertz CT molecular complexity index is 2060. The number of rotatable bonds is 2. The van der Waals surface area contributed by atoms with Gasteiger partial charge in [0.2, 0.25) is 5.71 Å². The summed E-state index contributed by atoms with van der Waals surface area (Å²) in [6.07, 6.45) is 1.85. The lowest BCUT2D eigenvalue weighted by Gasteiger charge is -2.09. The van der Waals surface area contributed by atoms with Gasteiger partial charge in [-0.15, -0.1) is 0 Å². The molecule has 0 atom stereocenters. The topological polar surface area (TPSA) is 35.9 Å². The second-order valence-electron chi connectivity index (χ2n) is 8.88. The molecule has 4 aromatic heterocycles. The monoisotopic (exact) mass is 449 g/mol. The zero-order valence-corrected chi connectivity index (χ0v) is 18.7. The minimum Gasteiger partial charge on any atom is -0.439 e. The third kappa shape index (κ3) is 2.48. The van der Waals surface area contributed by atoms with Gasteiger partial charge < -0.3 is 8.98 Å². The van der Waals surface area contributed by atoms with Gasteiger partial charge in [-0.1, -0.05) is 54.6 Å². The first-order chi connectivity index (χ1) is 17.4. The van der Waals surface area contributed by atoms with E-state index in [0.29, 0.717) is 0 Å². The zero-order valence-electron chi connectivity index (χ0n) is 18.7. The Morgan fingerprint density at radius 1 is 0.543 bits per heavy atom. The highest BCUT2D eigenvalue weighted by Crippen LogP contribution is 2.39. The van der Waals surface area contributed by atoms with Crippen LogP contribution in [0, 0.1) is 0 Å². The Morgan fingerprint density at radius 3 is 2.20 bits per heavy atom. The Hall–Kier alpha value is -4.83. The summed E-state index contributed by atoms with van der Waals surface area (Å²) in [5.74, 6) is 0. The van der Waals surface area contributed by atoms with Crippen molar-refractivity contribution in [3.63, 3.8) is 0 Å². The maximum absolute atomic E-state index is 6.41. The van der Waals surface area contributed by atoms with E-state index in [1.54, 1.807) is 0 Å². The Balaban J connectivity index is 1.49. The van der Waals surface area contributed by atoms with Crippen molar-refractivity contribution >= 4 is 54.9 Å². The van der Waals surface area contributed by atoms with Crippen molar-refractivity contribution in [1.82, 2.24) is 14.1 Å². The highest BCUT2D eigenvalue weighted by Gasteiger charge is 2.21. The molecule has 35 heavy (non-hydrogen) atoms. The molecule has 164 valence electrons. The Kier molecular flexibility index (Phi) is 3.63. The Labute approximate surface area is 200 Å². The van der Waals surface area contributed by atoms with Gasteiger partial charge >= 0.3 is 0 Å². The summed E-state index contributed by atoms with van der Waals surface area (Å²) in [5.41, 5.74) is 7.16. The van der Waals surface area contributed by atoms with Crippen LogP contribution in [0.25, 0.3) is 66.3 Å². The summed E-state index contributed by atoms with van der Waals surface area (Å²) in [6.45, 7) is 0. The average Bonchev–Trinajstić information content (AvgIpc) is 3.55. The highest BCUT2D eigenvalue weighted by molar-refractivity contribution is 6.19. The first-order valence-corrected chi connectivity index (χ1v) is 11.7. The number of hydrogen-bond donors (Lipinski definition) is 0. The minimum atomic E-state index is 0.825. The smallest absolute Gasteiger partial charge is 0.215 e. The molecule has 0 spiro atoms. The van der Waals surface area contributed by atoms with Gasteiger partial charge in [0.1, 0.15) is 11.2 Å². The van der Waals surface area contributed by atoms with E-state index in [2.05, 4.69) is 100 Å². The molecular formula is C31H19N3O. The zero-order chi connectivity index (χ0) is 22.9. The van der Waals surface area contributed by atoms with Gasteiger partial charge in [0.25, 0.3) is 0 Å². The van der Waals surface area contributed by atoms with E-state index in [1.165, 1.54) is 21.8 Å². The van der Waals surface area contributed by atoms with Crippen LogP contribution in [0.2, 0.25) is 0 Å². The first kappa shape index (κ1) is 18.6. The van der Waals surface area contributed by atoms with E-state index in [9.17, 15) is 0 Å². The van der Waals surface area contributed by atoms with Crippen LogP contribution < -0.4 is 0 Å². The Morgan fingerprint density at radius 2 is 1.29 bits per heavy atom. The van der Waals surface area contributed by atoms with Gasteiger partial charge in [0.05, 0.1) is 22.1 Å². The lowest BCUT2D eigenvalue weighted by Crippen LogP contribution is -1.96. The molecule has 0 aliphatic carbocycles. The van der Waals surface area contributed by atoms with Gasteiger partial charge in [-0.2, -0.15) is 0 Å². The SMILES string of the molecule is c1ccc(-n2c3ccccc3c3cc(-n4c5ncccc5c5c6ccccc6oc54)ccc32)cc1. The molecule has 4 aromatic carbocycles. The van der Waals surface area contributed by atoms with Crippen molar-refractivity contribution in [2.24, 2.45) is 0 Å². The molecule has 0 N–H and O–H groups in total. The quantitative estimate of drug-likeness (QED) is 0.268. The molecule has 4 heteroatoms. The molecule has 0 saturated heterocycles. The summed E-state index contributed by atoms with van der Waals surface area (Å²) in [5, 5.41) is 5.73. The van der Waals surface area contributed by atoms with Crippen molar-refractivity contribution in [3.05, 3.63) is 115 Å². The molecule has 8 rings (SSSR count). The molecular weight excluding hydrogens is 430 g/mol. The van der Waals surface area contributed by atoms with Gasteiger partial charge in [-0.05, 0) is 54.6 Å². The first-order valence-electron chi connectivity index (χ1n) is 11.7. The number of aromatic nitrogens is 3.